The van der Waals surface area contributed by atoms with Gasteiger partial charge in [-0.2, -0.15) is 11.8 Å². The largest absolute Gasteiger partial charge is 0.355 e. The molecule has 1 amide bonds. The number of nitrogens with one attached hydrogen (secondary N) is 1. The van der Waals surface area contributed by atoms with Crippen molar-refractivity contribution < 1.29 is 4.79 Å². The van der Waals surface area contributed by atoms with Crippen LogP contribution in [-0.2, 0) is 11.2 Å². The van der Waals surface area contributed by atoms with Crippen LogP contribution in [0.2, 0.25) is 0 Å². The van der Waals surface area contributed by atoms with E-state index >= 15 is 0 Å². The molecule has 1 spiro atoms. The highest BCUT2D eigenvalue weighted by atomic mass is 32.2. The first kappa shape index (κ1) is 15.0. The number of hydrogen-bond acceptors (Lipinski definition) is 2. The molecule has 2 aliphatic rings. The van der Waals surface area contributed by atoms with Crippen molar-refractivity contribution in [2.75, 3.05) is 12.3 Å². The van der Waals surface area contributed by atoms with Crippen molar-refractivity contribution in [1.82, 2.24) is 5.32 Å². The molecule has 1 saturated heterocycles. The van der Waals surface area contributed by atoms with Crippen molar-refractivity contribution in [3.8, 4) is 0 Å². The van der Waals surface area contributed by atoms with Crippen LogP contribution >= 0.6 is 11.8 Å². The van der Waals surface area contributed by atoms with E-state index in [2.05, 4.69) is 48.3 Å². The minimum Gasteiger partial charge on any atom is -0.355 e. The Bertz CT molecular complexity index is 498. The van der Waals surface area contributed by atoms with Crippen molar-refractivity contribution in [2.45, 2.75) is 50.2 Å². The van der Waals surface area contributed by atoms with Gasteiger partial charge in [-0.15, -0.1) is 0 Å². The third-order valence-corrected chi connectivity index (χ3v) is 6.69. The van der Waals surface area contributed by atoms with E-state index in [0.717, 1.165) is 18.7 Å². The standard InChI is InChI=1S/C18H25NOS/c1-14-5-7-15(8-6-14)12-16-4-2-3-9-18(16)13-17(20)19-10-11-21-18/h5-8,16H,2-4,9-13H2,1H3,(H,19,20). The van der Waals surface area contributed by atoms with Gasteiger partial charge >= 0.3 is 0 Å². The maximum atomic E-state index is 12.1. The number of amides is 1. The highest BCUT2D eigenvalue weighted by Crippen LogP contribution is 2.48. The monoisotopic (exact) mass is 303 g/mol. The zero-order chi connectivity index (χ0) is 14.7. The number of hydrogen-bond donors (Lipinski definition) is 1. The fraction of sp³-hybridized carbons (Fsp3) is 0.611. The molecule has 3 rings (SSSR count). The van der Waals surface area contributed by atoms with Crippen LogP contribution in [0.3, 0.4) is 0 Å². The Kier molecular flexibility index (Phi) is 4.58. The number of thioether (sulfide) groups is 1. The molecule has 1 aliphatic carbocycles. The molecule has 2 fully saturated rings. The molecule has 0 bridgehead atoms. The second-order valence-electron chi connectivity index (χ2n) is 6.57. The minimum atomic E-state index is 0.184. The fourth-order valence-corrected chi connectivity index (χ4v) is 5.40. The van der Waals surface area contributed by atoms with Crippen molar-refractivity contribution in [1.29, 1.82) is 0 Å². The molecule has 1 aromatic rings. The highest BCUT2D eigenvalue weighted by molar-refractivity contribution is 8.00. The van der Waals surface area contributed by atoms with Gasteiger partial charge in [0.05, 0.1) is 0 Å². The van der Waals surface area contributed by atoms with Crippen LogP contribution in [0.5, 0.6) is 0 Å². The van der Waals surface area contributed by atoms with Gasteiger partial charge in [0, 0.05) is 23.5 Å². The van der Waals surface area contributed by atoms with Gasteiger partial charge in [-0.25, -0.2) is 0 Å². The molecule has 0 aromatic heterocycles. The maximum Gasteiger partial charge on any atom is 0.221 e. The van der Waals surface area contributed by atoms with Crippen LogP contribution in [-0.4, -0.2) is 23.0 Å². The lowest BCUT2D eigenvalue weighted by Gasteiger charge is -2.43. The summed E-state index contributed by atoms with van der Waals surface area (Å²) < 4.78 is 0.184. The average Bonchev–Trinajstić information content (AvgIpc) is 2.66. The lowest BCUT2D eigenvalue weighted by molar-refractivity contribution is -0.121. The zero-order valence-corrected chi connectivity index (χ0v) is 13.7. The SMILES string of the molecule is Cc1ccc(CC2CCCCC23CC(=O)NCCS3)cc1. The van der Waals surface area contributed by atoms with Crippen molar-refractivity contribution >= 4 is 17.7 Å². The van der Waals surface area contributed by atoms with Crippen LogP contribution in [0.15, 0.2) is 24.3 Å². The zero-order valence-electron chi connectivity index (χ0n) is 12.9. The van der Waals surface area contributed by atoms with E-state index in [0.29, 0.717) is 12.3 Å². The molecule has 0 radical (unpaired) electrons. The molecule has 1 heterocycles. The van der Waals surface area contributed by atoms with Gasteiger partial charge in [0.2, 0.25) is 5.91 Å². The molecule has 21 heavy (non-hydrogen) atoms. The van der Waals surface area contributed by atoms with Gasteiger partial charge in [-0.05, 0) is 37.7 Å². The summed E-state index contributed by atoms with van der Waals surface area (Å²) in [6.45, 7) is 2.97. The summed E-state index contributed by atoms with van der Waals surface area (Å²) >= 11 is 2.06. The first-order valence-electron chi connectivity index (χ1n) is 8.14. The quantitative estimate of drug-likeness (QED) is 0.902. The summed E-state index contributed by atoms with van der Waals surface area (Å²) in [5.74, 6) is 1.97. The van der Waals surface area contributed by atoms with E-state index in [1.165, 1.54) is 36.8 Å². The van der Waals surface area contributed by atoms with Gasteiger partial charge in [-0.3, -0.25) is 4.79 Å². The van der Waals surface area contributed by atoms with Gasteiger partial charge < -0.3 is 5.32 Å². The molecule has 1 aliphatic heterocycles. The van der Waals surface area contributed by atoms with E-state index in [4.69, 9.17) is 0 Å². The Morgan fingerprint density at radius 1 is 1.29 bits per heavy atom. The predicted octanol–water partition coefficient (Wildman–Crippen LogP) is 3.72. The minimum absolute atomic E-state index is 0.184. The summed E-state index contributed by atoms with van der Waals surface area (Å²) in [5.41, 5.74) is 2.75. The molecule has 2 atom stereocenters. The van der Waals surface area contributed by atoms with E-state index in [1.54, 1.807) is 0 Å². The Hall–Kier alpha value is -0.960. The summed E-state index contributed by atoms with van der Waals surface area (Å²) in [5, 5.41) is 3.05. The average molecular weight is 303 g/mol. The van der Waals surface area contributed by atoms with E-state index in [9.17, 15) is 4.79 Å². The second-order valence-corrected chi connectivity index (χ2v) is 8.08. The Labute approximate surface area is 132 Å². The number of rotatable bonds is 2. The lowest BCUT2D eigenvalue weighted by atomic mass is 9.73. The van der Waals surface area contributed by atoms with Gasteiger partial charge in [0.15, 0.2) is 0 Å². The molecular weight excluding hydrogens is 278 g/mol. The molecule has 3 heteroatoms. The first-order chi connectivity index (χ1) is 10.2. The van der Waals surface area contributed by atoms with Crippen LogP contribution in [0, 0.1) is 12.8 Å². The summed E-state index contributed by atoms with van der Waals surface area (Å²) in [4.78, 5) is 12.1. The van der Waals surface area contributed by atoms with Gasteiger partial charge in [0.1, 0.15) is 0 Å². The van der Waals surface area contributed by atoms with Gasteiger partial charge in [0.25, 0.3) is 0 Å². The van der Waals surface area contributed by atoms with E-state index in [1.807, 2.05) is 0 Å². The topological polar surface area (TPSA) is 29.1 Å². The van der Waals surface area contributed by atoms with Crippen LogP contribution in [0.4, 0.5) is 0 Å². The third kappa shape index (κ3) is 3.45. The normalized spacial score (nSPS) is 30.0. The highest BCUT2D eigenvalue weighted by Gasteiger charge is 2.43. The van der Waals surface area contributed by atoms with Gasteiger partial charge in [-0.1, -0.05) is 42.7 Å². The fourth-order valence-electron chi connectivity index (χ4n) is 3.83. The van der Waals surface area contributed by atoms with E-state index in [-0.39, 0.29) is 10.7 Å². The van der Waals surface area contributed by atoms with Crippen LogP contribution in [0.25, 0.3) is 0 Å². The molecule has 114 valence electrons. The number of carbonyl (C=O) groups excluding carboxylic acids is 1. The maximum absolute atomic E-state index is 12.1. The number of carbonyl (C=O) groups is 1. The van der Waals surface area contributed by atoms with Crippen molar-refractivity contribution in [2.24, 2.45) is 5.92 Å². The smallest absolute Gasteiger partial charge is 0.221 e. The van der Waals surface area contributed by atoms with E-state index < -0.39 is 0 Å². The third-order valence-electron chi connectivity index (χ3n) is 5.02. The molecule has 1 saturated carbocycles. The molecule has 2 unspecified atom stereocenters. The van der Waals surface area contributed by atoms with Crippen LogP contribution in [0.1, 0.15) is 43.2 Å². The molecule has 1 N–H and O–H groups in total. The summed E-state index contributed by atoms with van der Waals surface area (Å²) in [7, 11) is 0. The van der Waals surface area contributed by atoms with Crippen molar-refractivity contribution in [3.05, 3.63) is 35.4 Å². The Morgan fingerprint density at radius 2 is 2.10 bits per heavy atom. The Balaban J connectivity index is 1.80. The Morgan fingerprint density at radius 3 is 2.90 bits per heavy atom. The van der Waals surface area contributed by atoms with Crippen LogP contribution < -0.4 is 5.32 Å². The molecular formula is C18H25NOS. The second kappa shape index (κ2) is 6.43. The number of benzene rings is 1. The molecule has 1 aromatic carbocycles. The van der Waals surface area contributed by atoms with Crippen molar-refractivity contribution in [3.63, 3.8) is 0 Å². The first-order valence-corrected chi connectivity index (χ1v) is 9.13. The number of aryl methyl sites for hydroxylation is 1. The predicted molar refractivity (Wildman–Crippen MR) is 89.7 cm³/mol. The summed E-state index contributed by atoms with van der Waals surface area (Å²) in [6.07, 6.45) is 6.93. The summed E-state index contributed by atoms with van der Waals surface area (Å²) in [6, 6.07) is 8.94. The lowest BCUT2D eigenvalue weighted by Crippen LogP contribution is -2.41. The molecule has 2 nitrogen and oxygen atoms in total.